The van der Waals surface area contributed by atoms with Crippen molar-refractivity contribution in [3.05, 3.63) is 122 Å². The van der Waals surface area contributed by atoms with Gasteiger partial charge in [0.2, 0.25) is 0 Å². The van der Waals surface area contributed by atoms with Crippen molar-refractivity contribution in [1.82, 2.24) is 5.32 Å². The number of rotatable bonds is 9. The smallest absolute Gasteiger partial charge is 0.269 e. The Balaban J connectivity index is 1.48. The Bertz CT molecular complexity index is 1590. The lowest BCUT2D eigenvalue weighted by molar-refractivity contribution is -0.384. The number of nitro groups is 1. The summed E-state index contributed by atoms with van der Waals surface area (Å²) in [5, 5.41) is 14.1. The van der Waals surface area contributed by atoms with Crippen LogP contribution in [0.4, 0.5) is 11.4 Å². The molecule has 194 valence electrons. The molecule has 0 aromatic heterocycles. The Kier molecular flexibility index (Phi) is 8.16. The van der Waals surface area contributed by atoms with Gasteiger partial charge in [-0.2, -0.15) is 0 Å². The minimum absolute atomic E-state index is 0.00154. The highest BCUT2D eigenvalue weighted by molar-refractivity contribution is 7.92. The zero-order chi connectivity index (χ0) is 27.3. The highest BCUT2D eigenvalue weighted by Crippen LogP contribution is 2.30. The van der Waals surface area contributed by atoms with Gasteiger partial charge in [0.15, 0.2) is 0 Å². The number of carbonyl (C=O) groups is 1. The van der Waals surface area contributed by atoms with E-state index in [1.807, 2.05) is 0 Å². The molecule has 0 radical (unpaired) electrons. The number of benzene rings is 4. The highest BCUT2D eigenvalue weighted by Gasteiger charge is 2.20. The topological polar surface area (TPSA) is 128 Å². The summed E-state index contributed by atoms with van der Waals surface area (Å²) in [6.45, 7) is 0.0580. The van der Waals surface area contributed by atoms with Crippen molar-refractivity contribution in [1.29, 1.82) is 0 Å². The van der Waals surface area contributed by atoms with Crippen molar-refractivity contribution < 1.29 is 22.9 Å². The summed E-state index contributed by atoms with van der Waals surface area (Å²) in [6, 6.07) is 22.4. The second-order valence-corrected chi connectivity index (χ2v) is 10.4. The number of nitrogens with zero attached hydrogens (tertiary/aromatic N) is 1. The Morgan fingerprint density at radius 2 is 1.61 bits per heavy atom. The van der Waals surface area contributed by atoms with Crippen LogP contribution in [0.15, 0.2) is 95.9 Å². The molecule has 2 N–H and O–H groups in total. The van der Waals surface area contributed by atoms with Crippen LogP contribution < -0.4 is 14.8 Å². The fourth-order valence-corrected chi connectivity index (χ4v) is 4.78. The maximum absolute atomic E-state index is 13.1. The van der Waals surface area contributed by atoms with Gasteiger partial charge in [-0.15, -0.1) is 0 Å². The van der Waals surface area contributed by atoms with Crippen LogP contribution >= 0.6 is 23.2 Å². The summed E-state index contributed by atoms with van der Waals surface area (Å²) in [4.78, 5) is 23.1. The van der Waals surface area contributed by atoms with Crippen LogP contribution in [-0.2, 0) is 16.6 Å². The van der Waals surface area contributed by atoms with Crippen molar-refractivity contribution in [2.24, 2.45) is 0 Å². The van der Waals surface area contributed by atoms with E-state index in [0.29, 0.717) is 22.1 Å². The zero-order valence-corrected chi connectivity index (χ0v) is 21.8. The van der Waals surface area contributed by atoms with Gasteiger partial charge in [-0.3, -0.25) is 19.6 Å². The van der Waals surface area contributed by atoms with E-state index in [0.717, 1.165) is 0 Å². The number of non-ortho nitro benzene ring substituents is 1. The predicted molar refractivity (Wildman–Crippen MR) is 144 cm³/mol. The molecule has 4 aromatic rings. The molecule has 38 heavy (non-hydrogen) atoms. The number of carbonyl (C=O) groups excluding carboxylic acids is 1. The largest absolute Gasteiger partial charge is 0.456 e. The molecular weight excluding hydrogens is 553 g/mol. The van der Waals surface area contributed by atoms with Gasteiger partial charge in [0.1, 0.15) is 11.5 Å². The van der Waals surface area contributed by atoms with Crippen LogP contribution in [0.2, 0.25) is 10.0 Å². The van der Waals surface area contributed by atoms with E-state index < -0.39 is 20.9 Å². The lowest BCUT2D eigenvalue weighted by Gasteiger charge is -2.14. The molecule has 0 saturated heterocycles. The molecule has 0 bridgehead atoms. The number of nitrogens with one attached hydrogen (secondary N) is 2. The number of hydrogen-bond donors (Lipinski definition) is 2. The van der Waals surface area contributed by atoms with Gasteiger partial charge >= 0.3 is 0 Å². The van der Waals surface area contributed by atoms with Gasteiger partial charge in [-0.25, -0.2) is 8.42 Å². The summed E-state index contributed by atoms with van der Waals surface area (Å²) in [5.41, 5.74) is 0.566. The Labute approximate surface area is 228 Å². The van der Waals surface area contributed by atoms with Gasteiger partial charge in [0.05, 0.1) is 26.1 Å². The Morgan fingerprint density at radius 1 is 0.921 bits per heavy atom. The zero-order valence-electron chi connectivity index (χ0n) is 19.4. The quantitative estimate of drug-likeness (QED) is 0.176. The van der Waals surface area contributed by atoms with Gasteiger partial charge in [0, 0.05) is 23.7 Å². The van der Waals surface area contributed by atoms with Crippen molar-refractivity contribution in [2.45, 2.75) is 11.4 Å². The van der Waals surface area contributed by atoms with Crippen LogP contribution in [0.25, 0.3) is 0 Å². The normalized spacial score (nSPS) is 11.0. The molecule has 0 aliphatic heterocycles. The van der Waals surface area contributed by atoms with Gasteiger partial charge in [-0.05, 0) is 60.2 Å². The maximum atomic E-state index is 13.1. The third-order valence-corrected chi connectivity index (χ3v) is 7.20. The minimum atomic E-state index is -4.08. The first kappa shape index (κ1) is 26.9. The van der Waals surface area contributed by atoms with Crippen molar-refractivity contribution in [2.75, 3.05) is 4.72 Å². The monoisotopic (exact) mass is 571 g/mol. The van der Waals surface area contributed by atoms with E-state index in [1.54, 1.807) is 24.3 Å². The SMILES string of the molecule is O=C(NCc1ccc([N+](=O)[O-])cc1)c1cc(Cl)ccc1NS(=O)(=O)c1ccc(Oc2ccccc2Cl)cc1. The van der Waals surface area contributed by atoms with Crippen LogP contribution in [0, 0.1) is 10.1 Å². The summed E-state index contributed by atoms with van der Waals surface area (Å²) in [5.74, 6) is 0.218. The number of anilines is 1. The van der Waals surface area contributed by atoms with E-state index in [4.69, 9.17) is 27.9 Å². The summed E-state index contributed by atoms with van der Waals surface area (Å²) in [6.07, 6.45) is 0. The molecule has 0 saturated carbocycles. The van der Waals surface area contributed by atoms with E-state index >= 15 is 0 Å². The van der Waals surface area contributed by atoms with E-state index in [9.17, 15) is 23.3 Å². The molecule has 0 aliphatic rings. The van der Waals surface area contributed by atoms with Crippen LogP contribution in [0.3, 0.4) is 0 Å². The van der Waals surface area contributed by atoms with Crippen molar-refractivity contribution in [3.63, 3.8) is 0 Å². The summed E-state index contributed by atoms with van der Waals surface area (Å²) in [7, 11) is -4.08. The van der Waals surface area contributed by atoms with E-state index in [2.05, 4.69) is 10.0 Å². The van der Waals surface area contributed by atoms with Gasteiger partial charge in [0.25, 0.3) is 21.6 Å². The molecule has 0 unspecified atom stereocenters. The van der Waals surface area contributed by atoms with Crippen LogP contribution in [0.1, 0.15) is 15.9 Å². The number of para-hydroxylation sites is 1. The van der Waals surface area contributed by atoms with Gasteiger partial charge < -0.3 is 10.1 Å². The molecule has 4 rings (SSSR count). The second-order valence-electron chi connectivity index (χ2n) is 7.91. The number of ether oxygens (including phenoxy) is 1. The summed E-state index contributed by atoms with van der Waals surface area (Å²) >= 11 is 12.2. The van der Waals surface area contributed by atoms with Crippen LogP contribution in [0.5, 0.6) is 11.5 Å². The number of sulfonamides is 1. The summed E-state index contributed by atoms with van der Waals surface area (Å²) < 4.78 is 34.2. The Morgan fingerprint density at radius 3 is 2.26 bits per heavy atom. The third kappa shape index (κ3) is 6.60. The lowest BCUT2D eigenvalue weighted by Crippen LogP contribution is -2.25. The van der Waals surface area contributed by atoms with Crippen LogP contribution in [-0.4, -0.2) is 19.2 Å². The fourth-order valence-electron chi connectivity index (χ4n) is 3.35. The average molecular weight is 572 g/mol. The first-order valence-corrected chi connectivity index (χ1v) is 13.2. The molecule has 0 fully saturated rings. The third-order valence-electron chi connectivity index (χ3n) is 5.27. The number of hydrogen-bond acceptors (Lipinski definition) is 6. The molecule has 12 heteroatoms. The van der Waals surface area contributed by atoms with E-state index in [-0.39, 0.29) is 33.4 Å². The molecule has 0 heterocycles. The maximum Gasteiger partial charge on any atom is 0.269 e. The van der Waals surface area contributed by atoms with E-state index in [1.165, 1.54) is 66.7 Å². The molecule has 9 nitrogen and oxygen atoms in total. The number of amides is 1. The second kappa shape index (κ2) is 11.5. The fraction of sp³-hybridized carbons (Fsp3) is 0.0385. The standard InChI is InChI=1S/C26H19Cl2N3O6S/c27-18-7-14-24(22(15-18)26(32)29-16-17-5-8-19(9-6-17)31(33)34)30-38(35,36)21-12-10-20(11-13-21)37-25-4-2-1-3-23(25)28/h1-15,30H,16H2,(H,29,32). The molecular formula is C26H19Cl2N3O6S. The predicted octanol–water partition coefficient (Wildman–Crippen LogP) is 6.42. The lowest BCUT2D eigenvalue weighted by atomic mass is 10.1. The number of nitro benzene ring substituents is 1. The van der Waals surface area contributed by atoms with Gasteiger partial charge in [-0.1, -0.05) is 47.5 Å². The Hall–Kier alpha value is -4.12. The molecule has 0 aliphatic carbocycles. The average Bonchev–Trinajstić information content (AvgIpc) is 2.90. The highest BCUT2D eigenvalue weighted by atomic mass is 35.5. The molecule has 4 aromatic carbocycles. The van der Waals surface area contributed by atoms with Crippen molar-refractivity contribution >= 4 is 50.5 Å². The molecule has 0 spiro atoms. The minimum Gasteiger partial charge on any atom is -0.456 e. The molecule has 0 atom stereocenters. The first-order valence-electron chi connectivity index (χ1n) is 11.0. The molecule has 1 amide bonds. The van der Waals surface area contributed by atoms with Crippen molar-refractivity contribution in [3.8, 4) is 11.5 Å². The number of halogens is 2. The first-order chi connectivity index (χ1) is 18.1.